The summed E-state index contributed by atoms with van der Waals surface area (Å²) in [5.41, 5.74) is 2.51. The van der Waals surface area contributed by atoms with Crippen molar-refractivity contribution in [3.05, 3.63) is 35.4 Å². The summed E-state index contributed by atoms with van der Waals surface area (Å²) in [5.74, 6) is 0.890. The van der Waals surface area contributed by atoms with Crippen LogP contribution in [0.2, 0.25) is 0 Å². The van der Waals surface area contributed by atoms with Crippen molar-refractivity contribution in [3.63, 3.8) is 0 Å². The summed E-state index contributed by atoms with van der Waals surface area (Å²) in [7, 11) is 0. The van der Waals surface area contributed by atoms with E-state index in [4.69, 9.17) is 0 Å². The van der Waals surface area contributed by atoms with E-state index in [1.807, 2.05) is 4.90 Å². The van der Waals surface area contributed by atoms with Gasteiger partial charge in [0.25, 0.3) is 0 Å². The molecule has 0 spiro atoms. The van der Waals surface area contributed by atoms with E-state index in [2.05, 4.69) is 43.4 Å². The van der Waals surface area contributed by atoms with Gasteiger partial charge in [-0.05, 0) is 19.4 Å². The van der Waals surface area contributed by atoms with Crippen LogP contribution in [0.15, 0.2) is 24.3 Å². The number of rotatable bonds is 5. The zero-order valence-electron chi connectivity index (χ0n) is 11.1. The molecule has 1 amide bonds. The van der Waals surface area contributed by atoms with E-state index < -0.39 is 0 Å². The molecular formula is C14H21N2OS+. The van der Waals surface area contributed by atoms with Crippen LogP contribution in [0.4, 0.5) is 0 Å². The summed E-state index contributed by atoms with van der Waals surface area (Å²) in [6.45, 7) is 7.15. The monoisotopic (exact) mass is 265 g/mol. The van der Waals surface area contributed by atoms with Crippen LogP contribution in [0, 0.1) is 6.92 Å². The third-order valence-corrected chi connectivity index (χ3v) is 4.41. The molecule has 1 aliphatic rings. The molecule has 1 fully saturated rings. The van der Waals surface area contributed by atoms with E-state index in [-0.39, 0.29) is 11.3 Å². The molecule has 0 unspecified atom stereocenters. The smallest absolute Gasteiger partial charge is 0.234 e. The van der Waals surface area contributed by atoms with Crippen LogP contribution in [0.25, 0.3) is 0 Å². The minimum atomic E-state index is 0.211. The average Bonchev–Trinajstić information content (AvgIpc) is 2.72. The van der Waals surface area contributed by atoms with Gasteiger partial charge < -0.3 is 10.2 Å². The third-order valence-electron chi connectivity index (χ3n) is 3.16. The second kappa shape index (κ2) is 6.25. The van der Waals surface area contributed by atoms with Gasteiger partial charge in [-0.25, -0.2) is 0 Å². The number of carbonyl (C=O) groups is 1. The van der Waals surface area contributed by atoms with Gasteiger partial charge in [0.1, 0.15) is 5.37 Å². The zero-order chi connectivity index (χ0) is 13.0. The van der Waals surface area contributed by atoms with E-state index in [1.165, 1.54) is 11.1 Å². The van der Waals surface area contributed by atoms with Gasteiger partial charge in [0.15, 0.2) is 0 Å². The van der Waals surface area contributed by atoms with Crippen LogP contribution in [0.1, 0.15) is 23.4 Å². The molecule has 1 aromatic carbocycles. The number of aryl methyl sites for hydroxylation is 1. The molecular weight excluding hydrogens is 244 g/mol. The number of nitrogens with zero attached hydrogens (tertiary/aromatic N) is 1. The fourth-order valence-electron chi connectivity index (χ4n) is 2.23. The summed E-state index contributed by atoms with van der Waals surface area (Å²) in [4.78, 5) is 13.9. The maximum absolute atomic E-state index is 11.9. The molecule has 18 heavy (non-hydrogen) atoms. The van der Waals surface area contributed by atoms with Crippen molar-refractivity contribution in [2.75, 3.05) is 25.4 Å². The lowest BCUT2D eigenvalue weighted by Gasteiger charge is -2.23. The number of likely N-dealkylation sites (N-methyl/N-ethyl adjacent to an activating group) is 1. The predicted molar refractivity (Wildman–Crippen MR) is 75.4 cm³/mol. The molecule has 4 heteroatoms. The fourth-order valence-corrected chi connectivity index (χ4v) is 3.44. The van der Waals surface area contributed by atoms with Crippen LogP contribution in [0.3, 0.4) is 0 Å². The predicted octanol–water partition coefficient (Wildman–Crippen LogP) is 1.15. The standard InChI is InChI=1S/C14H20N2OS/c1-3-15-7-8-16-13(17)10-18-14(16)12-6-4-5-11(2)9-12/h4-6,9,14-15H,3,7-8,10H2,1-2H3/p+1/t14-/m1/s1. The first kappa shape index (κ1) is 13.4. The van der Waals surface area contributed by atoms with Gasteiger partial charge >= 0.3 is 0 Å². The quantitative estimate of drug-likeness (QED) is 0.811. The fraction of sp³-hybridized carbons (Fsp3) is 0.500. The summed E-state index contributed by atoms with van der Waals surface area (Å²) in [6, 6.07) is 8.48. The Kier molecular flexibility index (Phi) is 4.66. The van der Waals surface area contributed by atoms with Gasteiger partial charge in [-0.15, -0.1) is 11.8 Å². The zero-order valence-corrected chi connectivity index (χ0v) is 11.9. The molecule has 1 aromatic rings. The van der Waals surface area contributed by atoms with Crippen molar-refractivity contribution in [2.45, 2.75) is 19.2 Å². The highest BCUT2D eigenvalue weighted by Crippen LogP contribution is 2.38. The van der Waals surface area contributed by atoms with Crippen LogP contribution in [-0.4, -0.2) is 36.2 Å². The summed E-state index contributed by atoms with van der Waals surface area (Å²) >= 11 is 1.74. The topological polar surface area (TPSA) is 36.9 Å². The van der Waals surface area contributed by atoms with Crippen LogP contribution in [0.5, 0.6) is 0 Å². The molecule has 2 rings (SSSR count). The summed E-state index contributed by atoms with van der Waals surface area (Å²) in [6.07, 6.45) is 0. The maximum Gasteiger partial charge on any atom is 0.234 e. The summed E-state index contributed by atoms with van der Waals surface area (Å²) < 4.78 is 0. The molecule has 1 saturated heterocycles. The Morgan fingerprint density at radius 1 is 1.50 bits per heavy atom. The van der Waals surface area contributed by atoms with E-state index in [1.54, 1.807) is 11.8 Å². The highest BCUT2D eigenvalue weighted by Gasteiger charge is 2.32. The Bertz CT molecular complexity index is 422. The molecule has 2 N–H and O–H groups in total. The average molecular weight is 265 g/mol. The minimum absolute atomic E-state index is 0.211. The van der Waals surface area contributed by atoms with Gasteiger partial charge in [0.2, 0.25) is 5.91 Å². The second-order valence-electron chi connectivity index (χ2n) is 4.65. The number of carbonyl (C=O) groups excluding carboxylic acids is 1. The highest BCUT2D eigenvalue weighted by atomic mass is 32.2. The van der Waals surface area contributed by atoms with Crippen LogP contribution in [-0.2, 0) is 4.79 Å². The first-order valence-corrected chi connectivity index (χ1v) is 7.56. The molecule has 0 radical (unpaired) electrons. The van der Waals surface area contributed by atoms with Crippen LogP contribution >= 0.6 is 11.8 Å². The molecule has 1 atom stereocenters. The van der Waals surface area contributed by atoms with Crippen molar-refractivity contribution >= 4 is 17.7 Å². The number of quaternary nitrogens is 1. The van der Waals surface area contributed by atoms with Gasteiger partial charge in [-0.3, -0.25) is 4.79 Å². The SMILES string of the molecule is CC[NH2+]CCN1C(=O)CS[C@@H]1c1cccc(C)c1. The second-order valence-corrected chi connectivity index (χ2v) is 5.72. The van der Waals surface area contributed by atoms with Gasteiger partial charge in [0.05, 0.1) is 25.4 Å². The Balaban J connectivity index is 2.08. The van der Waals surface area contributed by atoms with Gasteiger partial charge in [0, 0.05) is 0 Å². The Hall–Kier alpha value is -1.00. The Morgan fingerprint density at radius 3 is 3.06 bits per heavy atom. The Labute approximate surface area is 113 Å². The molecule has 0 aromatic heterocycles. The number of hydrogen-bond donors (Lipinski definition) is 1. The lowest BCUT2D eigenvalue weighted by atomic mass is 10.1. The number of nitrogens with two attached hydrogens (primary N) is 1. The molecule has 0 aliphatic carbocycles. The van der Waals surface area contributed by atoms with Gasteiger partial charge in [-0.1, -0.05) is 29.8 Å². The van der Waals surface area contributed by atoms with Gasteiger partial charge in [-0.2, -0.15) is 0 Å². The number of hydrogen-bond acceptors (Lipinski definition) is 2. The largest absolute Gasteiger partial charge is 0.345 e. The first-order chi connectivity index (χ1) is 8.72. The van der Waals surface area contributed by atoms with E-state index in [9.17, 15) is 4.79 Å². The van der Waals surface area contributed by atoms with Crippen LogP contribution < -0.4 is 5.32 Å². The van der Waals surface area contributed by atoms with Crippen molar-refractivity contribution in [3.8, 4) is 0 Å². The number of thioether (sulfide) groups is 1. The molecule has 1 aliphatic heterocycles. The lowest BCUT2D eigenvalue weighted by molar-refractivity contribution is -0.651. The summed E-state index contributed by atoms with van der Waals surface area (Å²) in [5, 5.41) is 2.45. The first-order valence-electron chi connectivity index (χ1n) is 6.51. The van der Waals surface area contributed by atoms with Crippen molar-refractivity contribution in [1.82, 2.24) is 4.90 Å². The minimum Gasteiger partial charge on any atom is -0.345 e. The molecule has 1 heterocycles. The number of benzene rings is 1. The molecule has 3 nitrogen and oxygen atoms in total. The normalized spacial score (nSPS) is 19.6. The van der Waals surface area contributed by atoms with Crippen molar-refractivity contribution < 1.29 is 10.1 Å². The van der Waals surface area contributed by atoms with E-state index in [0.29, 0.717) is 5.75 Å². The lowest BCUT2D eigenvalue weighted by Crippen LogP contribution is -2.85. The van der Waals surface area contributed by atoms with Crippen molar-refractivity contribution in [1.29, 1.82) is 0 Å². The third kappa shape index (κ3) is 3.06. The molecule has 0 bridgehead atoms. The van der Waals surface area contributed by atoms with E-state index >= 15 is 0 Å². The highest BCUT2D eigenvalue weighted by molar-refractivity contribution is 8.00. The molecule has 0 saturated carbocycles. The maximum atomic E-state index is 11.9. The van der Waals surface area contributed by atoms with Crippen molar-refractivity contribution in [2.24, 2.45) is 0 Å². The van der Waals surface area contributed by atoms with E-state index in [0.717, 1.165) is 19.6 Å². The Morgan fingerprint density at radius 2 is 2.33 bits per heavy atom. The number of amides is 1. The molecule has 98 valence electrons.